The van der Waals surface area contributed by atoms with Crippen LogP contribution >= 0.6 is 24.8 Å². The molecule has 3 N–H and O–H groups in total. The molecule has 0 aromatic heterocycles. The Balaban J connectivity index is -0.000000980. The first-order valence-electron chi connectivity index (χ1n) is 5.54. The van der Waals surface area contributed by atoms with Gasteiger partial charge in [-0.3, -0.25) is 9.69 Å². The van der Waals surface area contributed by atoms with Gasteiger partial charge in [0.05, 0.1) is 6.04 Å². The van der Waals surface area contributed by atoms with Crippen LogP contribution in [0.4, 0.5) is 0 Å². The van der Waals surface area contributed by atoms with Crippen LogP contribution in [0.5, 0.6) is 0 Å². The molecule has 1 amide bonds. The number of amides is 1. The van der Waals surface area contributed by atoms with Gasteiger partial charge in [0.15, 0.2) is 0 Å². The van der Waals surface area contributed by atoms with E-state index in [-0.39, 0.29) is 36.8 Å². The number of likely N-dealkylation sites (N-methyl/N-ethyl adjacent to an activating group) is 1. The third-order valence-corrected chi connectivity index (χ3v) is 2.48. The van der Waals surface area contributed by atoms with Crippen LogP contribution in [0.3, 0.4) is 0 Å². The van der Waals surface area contributed by atoms with E-state index in [0.29, 0.717) is 24.9 Å². The molecule has 0 saturated heterocycles. The van der Waals surface area contributed by atoms with Gasteiger partial charge in [-0.15, -0.1) is 24.8 Å². The maximum Gasteiger partial charge on any atom is 0.237 e. The fourth-order valence-corrected chi connectivity index (χ4v) is 1.60. The van der Waals surface area contributed by atoms with Crippen molar-refractivity contribution >= 4 is 30.7 Å². The highest BCUT2D eigenvalue weighted by Crippen LogP contribution is 2.07. The fourth-order valence-electron chi connectivity index (χ4n) is 1.60. The Hall–Kier alpha value is -0.0300. The first-order valence-corrected chi connectivity index (χ1v) is 5.54. The fraction of sp³-hybridized carbons (Fsp3) is 0.909. The molecular formula is C11H27Cl2N3O. The zero-order chi connectivity index (χ0) is 12.0. The first-order chi connectivity index (χ1) is 6.90. The van der Waals surface area contributed by atoms with Crippen molar-refractivity contribution in [1.29, 1.82) is 0 Å². The van der Waals surface area contributed by atoms with E-state index in [1.54, 1.807) is 0 Å². The molecule has 0 rings (SSSR count). The summed E-state index contributed by atoms with van der Waals surface area (Å²) in [5, 5.41) is 2.94. The molecule has 0 saturated carbocycles. The van der Waals surface area contributed by atoms with Crippen molar-refractivity contribution in [2.24, 2.45) is 17.6 Å². The molecule has 17 heavy (non-hydrogen) atoms. The van der Waals surface area contributed by atoms with Gasteiger partial charge < -0.3 is 11.1 Å². The van der Waals surface area contributed by atoms with Gasteiger partial charge >= 0.3 is 0 Å². The smallest absolute Gasteiger partial charge is 0.237 e. The summed E-state index contributed by atoms with van der Waals surface area (Å²) in [6.07, 6.45) is 0. The summed E-state index contributed by atoms with van der Waals surface area (Å²) < 4.78 is 0. The number of hydrogen-bond donors (Lipinski definition) is 2. The maximum absolute atomic E-state index is 11.9. The Morgan fingerprint density at radius 2 is 1.71 bits per heavy atom. The molecule has 0 aliphatic rings. The van der Waals surface area contributed by atoms with E-state index in [1.165, 1.54) is 0 Å². The first kappa shape index (κ1) is 22.2. The monoisotopic (exact) mass is 287 g/mol. The van der Waals surface area contributed by atoms with Crippen molar-refractivity contribution in [2.75, 3.05) is 27.2 Å². The minimum absolute atomic E-state index is 0. The van der Waals surface area contributed by atoms with E-state index < -0.39 is 0 Å². The highest BCUT2D eigenvalue weighted by atomic mass is 35.5. The molecule has 4 nitrogen and oxygen atoms in total. The van der Waals surface area contributed by atoms with Crippen LogP contribution in [0, 0.1) is 11.8 Å². The third-order valence-electron chi connectivity index (χ3n) is 2.48. The molecule has 106 valence electrons. The van der Waals surface area contributed by atoms with Gasteiger partial charge in [-0.05, 0) is 32.5 Å². The standard InChI is InChI=1S/C11H25N3O.2ClH/c1-8(2)10(14(4)5)11(15)13-7-9(3)6-12;;/h8-10H,6-7,12H2,1-5H3,(H,13,15);2*1H. The second-order valence-electron chi connectivity index (χ2n) is 4.74. The van der Waals surface area contributed by atoms with E-state index in [1.807, 2.05) is 25.9 Å². The highest BCUT2D eigenvalue weighted by Gasteiger charge is 2.23. The number of carbonyl (C=O) groups is 1. The molecule has 6 heteroatoms. The zero-order valence-corrected chi connectivity index (χ0v) is 13.0. The lowest BCUT2D eigenvalue weighted by atomic mass is 10.0. The summed E-state index contributed by atoms with van der Waals surface area (Å²) in [5.74, 6) is 0.743. The second-order valence-corrected chi connectivity index (χ2v) is 4.74. The number of nitrogens with one attached hydrogen (secondary N) is 1. The Morgan fingerprint density at radius 3 is 2.00 bits per heavy atom. The lowest BCUT2D eigenvalue weighted by Crippen LogP contribution is -2.48. The van der Waals surface area contributed by atoms with Gasteiger partial charge in [0.25, 0.3) is 0 Å². The molecule has 0 aromatic rings. The van der Waals surface area contributed by atoms with Gasteiger partial charge in [-0.1, -0.05) is 20.8 Å². The molecule has 2 unspecified atom stereocenters. The van der Waals surface area contributed by atoms with Crippen LogP contribution in [-0.4, -0.2) is 44.0 Å². The Bertz CT molecular complexity index is 193. The average molecular weight is 288 g/mol. The van der Waals surface area contributed by atoms with E-state index in [4.69, 9.17) is 5.73 Å². The predicted molar refractivity (Wildman–Crippen MR) is 78.0 cm³/mol. The molecule has 2 atom stereocenters. The van der Waals surface area contributed by atoms with Gasteiger partial charge in [-0.25, -0.2) is 0 Å². The SMILES string of the molecule is CC(CN)CNC(=O)C(C(C)C)N(C)C.Cl.Cl. The molecule has 0 aromatic carbocycles. The highest BCUT2D eigenvalue weighted by molar-refractivity contribution is 5.85. The number of nitrogens with two attached hydrogens (primary N) is 1. The van der Waals surface area contributed by atoms with Crippen LogP contribution in [0.1, 0.15) is 20.8 Å². The largest absolute Gasteiger partial charge is 0.354 e. The van der Waals surface area contributed by atoms with E-state index >= 15 is 0 Å². The van der Waals surface area contributed by atoms with Crippen LogP contribution in [0.15, 0.2) is 0 Å². The quantitative estimate of drug-likeness (QED) is 0.770. The molecule has 0 heterocycles. The normalized spacial score (nSPS) is 13.6. The molecule has 0 radical (unpaired) electrons. The topological polar surface area (TPSA) is 58.4 Å². The van der Waals surface area contributed by atoms with Gasteiger partial charge in [0.2, 0.25) is 5.91 Å². The van der Waals surface area contributed by atoms with Crippen molar-refractivity contribution < 1.29 is 4.79 Å². The van der Waals surface area contributed by atoms with Gasteiger partial charge in [0.1, 0.15) is 0 Å². The number of carbonyl (C=O) groups excluding carboxylic acids is 1. The van der Waals surface area contributed by atoms with E-state index in [2.05, 4.69) is 19.2 Å². The predicted octanol–water partition coefficient (Wildman–Crippen LogP) is 1.13. The maximum atomic E-state index is 11.9. The molecule has 0 aliphatic carbocycles. The summed E-state index contributed by atoms with van der Waals surface area (Å²) in [6, 6.07) is -0.0602. The summed E-state index contributed by atoms with van der Waals surface area (Å²) in [5.41, 5.74) is 5.49. The molecule has 0 spiro atoms. The lowest BCUT2D eigenvalue weighted by molar-refractivity contribution is -0.127. The van der Waals surface area contributed by atoms with Crippen molar-refractivity contribution in [3.05, 3.63) is 0 Å². The van der Waals surface area contributed by atoms with Crippen LogP contribution in [0.25, 0.3) is 0 Å². The Labute approximate surface area is 118 Å². The second kappa shape index (κ2) is 11.1. The minimum Gasteiger partial charge on any atom is -0.354 e. The van der Waals surface area contributed by atoms with E-state index in [0.717, 1.165) is 0 Å². The van der Waals surface area contributed by atoms with Crippen LogP contribution in [0.2, 0.25) is 0 Å². The summed E-state index contributed by atoms with van der Waals surface area (Å²) in [7, 11) is 3.85. The minimum atomic E-state index is -0.0602. The number of nitrogens with zero attached hydrogens (tertiary/aromatic N) is 1. The third kappa shape index (κ3) is 8.66. The summed E-state index contributed by atoms with van der Waals surface area (Å²) in [4.78, 5) is 13.8. The Kier molecular flexibility index (Phi) is 14.5. The molecule has 0 aliphatic heterocycles. The van der Waals surface area contributed by atoms with E-state index in [9.17, 15) is 4.79 Å². The summed E-state index contributed by atoms with van der Waals surface area (Å²) >= 11 is 0. The average Bonchev–Trinajstić information content (AvgIpc) is 2.12. The van der Waals surface area contributed by atoms with Crippen molar-refractivity contribution in [3.8, 4) is 0 Å². The number of halogens is 2. The number of rotatable bonds is 6. The molecular weight excluding hydrogens is 261 g/mol. The van der Waals surface area contributed by atoms with Crippen molar-refractivity contribution in [3.63, 3.8) is 0 Å². The van der Waals surface area contributed by atoms with Gasteiger partial charge in [-0.2, -0.15) is 0 Å². The molecule has 0 bridgehead atoms. The van der Waals surface area contributed by atoms with Crippen molar-refractivity contribution in [1.82, 2.24) is 10.2 Å². The van der Waals surface area contributed by atoms with Gasteiger partial charge in [0, 0.05) is 6.54 Å². The molecule has 0 fully saturated rings. The summed E-state index contributed by atoms with van der Waals surface area (Å²) in [6.45, 7) is 7.40. The number of hydrogen-bond acceptors (Lipinski definition) is 3. The van der Waals surface area contributed by atoms with Crippen molar-refractivity contribution in [2.45, 2.75) is 26.8 Å². The van der Waals surface area contributed by atoms with Crippen LogP contribution in [-0.2, 0) is 4.79 Å². The van der Waals surface area contributed by atoms with Crippen LogP contribution < -0.4 is 11.1 Å². The lowest BCUT2D eigenvalue weighted by Gasteiger charge is -2.27. The zero-order valence-electron chi connectivity index (χ0n) is 11.4. The Morgan fingerprint density at radius 1 is 1.24 bits per heavy atom.